The van der Waals surface area contributed by atoms with Crippen LogP contribution in [0.15, 0.2) is 24.3 Å². The zero-order valence-electron chi connectivity index (χ0n) is 12.7. The minimum Gasteiger partial charge on any atom is -0.469 e. The average Bonchev–Trinajstić information content (AvgIpc) is 2.59. The first-order chi connectivity index (χ1) is 10.7. The van der Waals surface area contributed by atoms with Gasteiger partial charge in [0.15, 0.2) is 0 Å². The van der Waals surface area contributed by atoms with Crippen molar-refractivity contribution in [2.45, 2.75) is 18.9 Å². The van der Waals surface area contributed by atoms with Gasteiger partial charge in [-0.05, 0) is 25.0 Å². The summed E-state index contributed by atoms with van der Waals surface area (Å²) in [7, 11) is 2.75. The second-order valence-electron chi connectivity index (χ2n) is 5.06. The molecule has 0 unspecified atom stereocenters. The van der Waals surface area contributed by atoms with Crippen LogP contribution in [0.3, 0.4) is 0 Å². The van der Waals surface area contributed by atoms with Gasteiger partial charge in [-0.15, -0.1) is 0 Å². The molecule has 1 heterocycles. The van der Waals surface area contributed by atoms with Crippen molar-refractivity contribution in [3.05, 3.63) is 35.4 Å². The second-order valence-corrected chi connectivity index (χ2v) is 5.06. The quantitative estimate of drug-likeness (QED) is 0.660. The topological polar surface area (TPSA) is 64.6 Å². The Hall–Kier alpha value is -2.32. The van der Waals surface area contributed by atoms with Gasteiger partial charge in [0.05, 0.1) is 31.7 Å². The molecule has 2 atom stereocenters. The van der Waals surface area contributed by atoms with Crippen LogP contribution >= 0.6 is 0 Å². The number of nitrogens with one attached hydrogen (secondary N) is 1. The summed E-state index contributed by atoms with van der Waals surface area (Å²) in [5.74, 6) is 5.45. The van der Waals surface area contributed by atoms with Crippen molar-refractivity contribution in [3.8, 4) is 11.8 Å². The van der Waals surface area contributed by atoms with Crippen LogP contribution < -0.4 is 5.32 Å². The number of ether oxygens (including phenoxy) is 2. The summed E-state index contributed by atoms with van der Waals surface area (Å²) in [4.78, 5) is 23.1. The number of hydrogen-bond acceptors (Lipinski definition) is 5. The minimum atomic E-state index is -0.396. The Labute approximate surface area is 130 Å². The lowest BCUT2D eigenvalue weighted by Crippen LogP contribution is -2.41. The molecule has 2 rings (SSSR count). The maximum absolute atomic E-state index is 11.7. The summed E-state index contributed by atoms with van der Waals surface area (Å²) < 4.78 is 9.49. The molecule has 1 aromatic rings. The third-order valence-corrected chi connectivity index (χ3v) is 3.66. The molecule has 1 aromatic carbocycles. The molecule has 0 spiro atoms. The smallest absolute Gasteiger partial charge is 0.339 e. The summed E-state index contributed by atoms with van der Waals surface area (Å²) >= 11 is 0. The van der Waals surface area contributed by atoms with Crippen molar-refractivity contribution in [1.29, 1.82) is 0 Å². The third-order valence-electron chi connectivity index (χ3n) is 3.66. The Morgan fingerprint density at radius 1 is 1.18 bits per heavy atom. The first kappa shape index (κ1) is 16.1. The Kier molecular flexibility index (Phi) is 5.56. The van der Waals surface area contributed by atoms with Gasteiger partial charge in [-0.1, -0.05) is 24.0 Å². The van der Waals surface area contributed by atoms with E-state index < -0.39 is 5.97 Å². The number of hydrogen-bond donors (Lipinski definition) is 1. The summed E-state index contributed by atoms with van der Waals surface area (Å²) in [5, 5.41) is 3.23. The number of piperidine rings is 1. The minimum absolute atomic E-state index is 0.00612. The van der Waals surface area contributed by atoms with Crippen molar-refractivity contribution in [2.75, 3.05) is 20.8 Å². The van der Waals surface area contributed by atoms with Crippen molar-refractivity contribution >= 4 is 11.9 Å². The zero-order chi connectivity index (χ0) is 15.9. The number of carbonyl (C=O) groups is 2. The van der Waals surface area contributed by atoms with Crippen LogP contribution in [-0.2, 0) is 14.3 Å². The molecular weight excluding hydrogens is 282 g/mol. The molecule has 116 valence electrons. The highest BCUT2D eigenvalue weighted by atomic mass is 16.5. The van der Waals surface area contributed by atoms with Crippen LogP contribution in [0.1, 0.15) is 28.8 Å². The average molecular weight is 301 g/mol. The van der Waals surface area contributed by atoms with E-state index in [1.807, 2.05) is 6.07 Å². The highest BCUT2D eigenvalue weighted by Gasteiger charge is 2.25. The third kappa shape index (κ3) is 3.86. The van der Waals surface area contributed by atoms with E-state index in [2.05, 4.69) is 17.2 Å². The van der Waals surface area contributed by atoms with E-state index in [1.165, 1.54) is 14.2 Å². The molecule has 0 radical (unpaired) electrons. The fourth-order valence-electron chi connectivity index (χ4n) is 2.39. The van der Waals surface area contributed by atoms with Gasteiger partial charge in [0.25, 0.3) is 0 Å². The molecule has 22 heavy (non-hydrogen) atoms. The lowest BCUT2D eigenvalue weighted by Gasteiger charge is -2.25. The van der Waals surface area contributed by atoms with Gasteiger partial charge in [-0.25, -0.2) is 4.79 Å². The Morgan fingerprint density at radius 3 is 2.59 bits per heavy atom. The highest BCUT2D eigenvalue weighted by molar-refractivity contribution is 5.92. The predicted molar refractivity (Wildman–Crippen MR) is 81.2 cm³/mol. The maximum atomic E-state index is 11.7. The zero-order valence-corrected chi connectivity index (χ0v) is 12.7. The largest absolute Gasteiger partial charge is 0.469 e. The van der Waals surface area contributed by atoms with E-state index >= 15 is 0 Å². The number of esters is 2. The fourth-order valence-corrected chi connectivity index (χ4v) is 2.39. The number of benzene rings is 1. The molecule has 0 aliphatic carbocycles. The molecule has 1 aliphatic heterocycles. The van der Waals surface area contributed by atoms with E-state index in [0.29, 0.717) is 17.7 Å². The van der Waals surface area contributed by atoms with Gasteiger partial charge >= 0.3 is 11.9 Å². The molecule has 5 heteroatoms. The summed E-state index contributed by atoms with van der Waals surface area (Å²) in [6.07, 6.45) is 1.52. The van der Waals surface area contributed by atoms with Crippen LogP contribution in [0.5, 0.6) is 0 Å². The maximum Gasteiger partial charge on any atom is 0.339 e. The van der Waals surface area contributed by atoms with Gasteiger partial charge in [-0.3, -0.25) is 4.79 Å². The number of rotatable bonds is 2. The highest BCUT2D eigenvalue weighted by Crippen LogP contribution is 2.15. The first-order valence-corrected chi connectivity index (χ1v) is 7.15. The summed E-state index contributed by atoms with van der Waals surface area (Å²) in [6, 6.07) is 7.10. The first-order valence-electron chi connectivity index (χ1n) is 7.15. The van der Waals surface area contributed by atoms with E-state index in [-0.39, 0.29) is 17.9 Å². The van der Waals surface area contributed by atoms with Gasteiger partial charge in [-0.2, -0.15) is 0 Å². The molecule has 1 aliphatic rings. The fraction of sp³-hybridized carbons (Fsp3) is 0.412. The van der Waals surface area contributed by atoms with E-state index in [9.17, 15) is 9.59 Å². The van der Waals surface area contributed by atoms with Gasteiger partial charge < -0.3 is 14.8 Å². The van der Waals surface area contributed by atoms with Crippen LogP contribution in [0.4, 0.5) is 0 Å². The van der Waals surface area contributed by atoms with E-state index in [4.69, 9.17) is 9.47 Å². The van der Waals surface area contributed by atoms with Crippen molar-refractivity contribution < 1.29 is 19.1 Å². The molecule has 0 saturated carbocycles. The monoisotopic (exact) mass is 301 g/mol. The second kappa shape index (κ2) is 7.62. The Balaban J connectivity index is 2.03. The number of methoxy groups -OCH3 is 2. The summed E-state index contributed by atoms with van der Waals surface area (Å²) in [5.41, 5.74) is 1.10. The van der Waals surface area contributed by atoms with Crippen molar-refractivity contribution in [1.82, 2.24) is 5.32 Å². The van der Waals surface area contributed by atoms with Crippen molar-refractivity contribution in [3.63, 3.8) is 0 Å². The van der Waals surface area contributed by atoms with Crippen molar-refractivity contribution in [2.24, 2.45) is 5.92 Å². The van der Waals surface area contributed by atoms with E-state index in [0.717, 1.165) is 12.8 Å². The summed E-state index contributed by atoms with van der Waals surface area (Å²) in [6.45, 7) is 0.560. The SMILES string of the molecule is COC(=O)c1ccccc1C#C[C@@H]1CC[C@H](C(=O)OC)CN1. The molecule has 5 nitrogen and oxygen atoms in total. The standard InChI is InChI=1S/C17H19NO4/c1-21-16(19)13-8-10-14(18-11-13)9-7-12-5-3-4-6-15(12)17(20)22-2/h3-6,13-14,18H,8,10-11H2,1-2H3/t13-,14+/m0/s1. The lowest BCUT2D eigenvalue weighted by molar-refractivity contribution is -0.146. The Morgan fingerprint density at radius 2 is 1.95 bits per heavy atom. The molecule has 1 N–H and O–H groups in total. The molecular formula is C17H19NO4. The molecule has 0 amide bonds. The van der Waals surface area contributed by atoms with Crippen LogP contribution in [0.2, 0.25) is 0 Å². The Bertz CT molecular complexity index is 607. The van der Waals surface area contributed by atoms with Gasteiger partial charge in [0.2, 0.25) is 0 Å². The van der Waals surface area contributed by atoms with Gasteiger partial charge in [0, 0.05) is 12.1 Å². The normalized spacial score (nSPS) is 20.5. The lowest BCUT2D eigenvalue weighted by atomic mass is 9.95. The predicted octanol–water partition coefficient (Wildman–Crippen LogP) is 1.37. The molecule has 1 saturated heterocycles. The van der Waals surface area contributed by atoms with Crippen LogP contribution in [0.25, 0.3) is 0 Å². The van der Waals surface area contributed by atoms with Gasteiger partial charge in [0.1, 0.15) is 0 Å². The van der Waals surface area contributed by atoms with Crippen LogP contribution in [-0.4, -0.2) is 38.7 Å². The molecule has 0 bridgehead atoms. The van der Waals surface area contributed by atoms with Crippen LogP contribution in [0, 0.1) is 17.8 Å². The molecule has 0 aromatic heterocycles. The number of carbonyl (C=O) groups excluding carboxylic acids is 2. The molecule has 1 fully saturated rings. The van der Waals surface area contributed by atoms with E-state index in [1.54, 1.807) is 18.2 Å².